The van der Waals surface area contributed by atoms with Crippen molar-refractivity contribution >= 4 is 52.2 Å². The van der Waals surface area contributed by atoms with Crippen LogP contribution in [0.2, 0.25) is 5.02 Å². The van der Waals surface area contributed by atoms with Gasteiger partial charge in [-0.25, -0.2) is 0 Å². The largest absolute Gasteiger partial charge is 0.454 e. The molecule has 0 saturated carbocycles. The molecule has 2 aromatic rings. The third kappa shape index (κ3) is 4.08. The molecule has 2 heterocycles. The van der Waals surface area contributed by atoms with Crippen molar-refractivity contribution < 1.29 is 23.9 Å². The van der Waals surface area contributed by atoms with Gasteiger partial charge in [0, 0.05) is 11.8 Å². The van der Waals surface area contributed by atoms with Crippen LogP contribution in [-0.2, 0) is 9.59 Å². The van der Waals surface area contributed by atoms with Gasteiger partial charge in [0.1, 0.15) is 6.54 Å². The molecule has 0 radical (unpaired) electrons. The van der Waals surface area contributed by atoms with Crippen LogP contribution in [0, 0.1) is 6.92 Å². The van der Waals surface area contributed by atoms with Crippen LogP contribution in [0.3, 0.4) is 0 Å². The molecule has 0 aliphatic carbocycles. The maximum absolute atomic E-state index is 12.6. The van der Waals surface area contributed by atoms with Crippen LogP contribution in [0.5, 0.6) is 11.5 Å². The van der Waals surface area contributed by atoms with Gasteiger partial charge in [-0.15, -0.1) is 0 Å². The van der Waals surface area contributed by atoms with E-state index in [9.17, 15) is 14.4 Å². The van der Waals surface area contributed by atoms with E-state index in [1.807, 2.05) is 19.1 Å². The zero-order valence-electron chi connectivity index (χ0n) is 15.2. The molecule has 2 aliphatic rings. The first-order chi connectivity index (χ1) is 13.9. The number of carbonyl (C=O) groups excluding carboxylic acids is 3. The average Bonchev–Trinajstić information content (AvgIpc) is 3.23. The number of imide groups is 1. The van der Waals surface area contributed by atoms with Crippen molar-refractivity contribution in [2.45, 2.75) is 6.92 Å². The maximum Gasteiger partial charge on any atom is 0.294 e. The van der Waals surface area contributed by atoms with Gasteiger partial charge >= 0.3 is 0 Å². The molecule has 148 valence electrons. The second kappa shape index (κ2) is 7.81. The maximum atomic E-state index is 12.6. The number of nitrogens with one attached hydrogen (secondary N) is 1. The molecule has 0 bridgehead atoms. The number of hydrogen-bond acceptors (Lipinski definition) is 6. The lowest BCUT2D eigenvalue weighted by Crippen LogP contribution is -2.36. The molecule has 9 heteroatoms. The number of halogens is 1. The zero-order chi connectivity index (χ0) is 20.5. The first-order valence-corrected chi connectivity index (χ1v) is 9.81. The zero-order valence-corrected chi connectivity index (χ0v) is 16.8. The SMILES string of the molecule is Cc1ccc(NC(=O)CN2C(=O)S/C(=C/c3cc4c(cc3Cl)OCO4)C2=O)cc1. The van der Waals surface area contributed by atoms with Crippen LogP contribution in [0.4, 0.5) is 10.5 Å². The quantitative estimate of drug-likeness (QED) is 0.736. The summed E-state index contributed by atoms with van der Waals surface area (Å²) >= 11 is 6.99. The molecule has 2 aliphatic heterocycles. The van der Waals surface area contributed by atoms with Crippen molar-refractivity contribution in [2.75, 3.05) is 18.7 Å². The number of aryl methyl sites for hydroxylation is 1. The number of rotatable bonds is 4. The molecule has 1 fully saturated rings. The van der Waals surface area contributed by atoms with Crippen molar-refractivity contribution in [3.05, 3.63) is 57.5 Å². The Morgan fingerprint density at radius 2 is 1.90 bits per heavy atom. The van der Waals surface area contributed by atoms with E-state index in [4.69, 9.17) is 21.1 Å². The van der Waals surface area contributed by atoms with Gasteiger partial charge in [-0.2, -0.15) is 0 Å². The van der Waals surface area contributed by atoms with E-state index in [1.165, 1.54) is 6.08 Å². The van der Waals surface area contributed by atoms with E-state index in [0.717, 1.165) is 22.2 Å². The summed E-state index contributed by atoms with van der Waals surface area (Å²) in [4.78, 5) is 38.2. The molecule has 1 N–H and O–H groups in total. The van der Waals surface area contributed by atoms with Gasteiger partial charge in [-0.05, 0) is 48.5 Å². The van der Waals surface area contributed by atoms with Gasteiger partial charge in [0.25, 0.3) is 11.1 Å². The Morgan fingerprint density at radius 3 is 2.62 bits per heavy atom. The van der Waals surface area contributed by atoms with Crippen LogP contribution in [0.1, 0.15) is 11.1 Å². The highest BCUT2D eigenvalue weighted by Crippen LogP contribution is 2.39. The Balaban J connectivity index is 1.48. The third-order valence-corrected chi connectivity index (χ3v) is 5.52. The summed E-state index contributed by atoms with van der Waals surface area (Å²) in [6.45, 7) is 1.66. The monoisotopic (exact) mass is 430 g/mol. The Morgan fingerprint density at radius 1 is 1.21 bits per heavy atom. The fourth-order valence-corrected chi connectivity index (χ4v) is 3.84. The minimum Gasteiger partial charge on any atom is -0.454 e. The minimum absolute atomic E-state index is 0.0989. The normalized spacial score (nSPS) is 16.6. The Kier molecular flexibility index (Phi) is 5.21. The molecule has 0 unspecified atom stereocenters. The van der Waals surface area contributed by atoms with Crippen molar-refractivity contribution in [1.29, 1.82) is 0 Å². The predicted octanol–water partition coefficient (Wildman–Crippen LogP) is 4.05. The second-order valence-electron chi connectivity index (χ2n) is 6.41. The number of ether oxygens (including phenoxy) is 2. The standard InChI is InChI=1S/C20H15ClN2O5S/c1-11-2-4-13(5-3-11)22-18(24)9-23-19(25)17(29-20(23)26)7-12-6-15-16(8-14(12)21)28-10-27-15/h2-8H,9-10H2,1H3,(H,22,24)/b17-7+. The lowest BCUT2D eigenvalue weighted by molar-refractivity contribution is -0.127. The molecule has 3 amide bonds. The van der Waals surface area contributed by atoms with Crippen LogP contribution in [0.25, 0.3) is 6.08 Å². The number of amides is 3. The van der Waals surface area contributed by atoms with Gasteiger partial charge in [0.05, 0.1) is 9.93 Å². The summed E-state index contributed by atoms with van der Waals surface area (Å²) in [6.07, 6.45) is 1.51. The number of anilines is 1. The van der Waals surface area contributed by atoms with Crippen LogP contribution in [-0.4, -0.2) is 35.3 Å². The van der Waals surface area contributed by atoms with Gasteiger partial charge in [0.15, 0.2) is 11.5 Å². The van der Waals surface area contributed by atoms with Crippen molar-refractivity contribution in [2.24, 2.45) is 0 Å². The molecule has 1 saturated heterocycles. The van der Waals surface area contributed by atoms with Gasteiger partial charge in [-0.1, -0.05) is 29.3 Å². The first kappa shape index (κ1) is 19.4. The Bertz CT molecular complexity index is 1050. The average molecular weight is 431 g/mol. The van der Waals surface area contributed by atoms with E-state index in [0.29, 0.717) is 27.8 Å². The number of hydrogen-bond donors (Lipinski definition) is 1. The highest BCUT2D eigenvalue weighted by atomic mass is 35.5. The van der Waals surface area contributed by atoms with Crippen molar-refractivity contribution in [3.8, 4) is 11.5 Å². The molecular formula is C20H15ClN2O5S. The number of benzene rings is 2. The number of carbonyl (C=O) groups is 3. The van der Waals surface area contributed by atoms with Crippen molar-refractivity contribution in [1.82, 2.24) is 4.90 Å². The van der Waals surface area contributed by atoms with Gasteiger partial charge < -0.3 is 14.8 Å². The van der Waals surface area contributed by atoms with E-state index in [2.05, 4.69) is 5.32 Å². The van der Waals surface area contributed by atoms with E-state index >= 15 is 0 Å². The molecular weight excluding hydrogens is 416 g/mol. The number of fused-ring (bicyclic) bond motifs is 1. The molecule has 7 nitrogen and oxygen atoms in total. The lowest BCUT2D eigenvalue weighted by atomic mass is 10.2. The summed E-state index contributed by atoms with van der Waals surface area (Å²) in [6, 6.07) is 10.4. The number of nitrogens with zero attached hydrogens (tertiary/aromatic N) is 1. The smallest absolute Gasteiger partial charge is 0.294 e. The molecule has 29 heavy (non-hydrogen) atoms. The lowest BCUT2D eigenvalue weighted by Gasteiger charge is -2.12. The highest BCUT2D eigenvalue weighted by Gasteiger charge is 2.36. The molecule has 0 atom stereocenters. The molecule has 2 aromatic carbocycles. The fourth-order valence-electron chi connectivity index (χ4n) is 2.80. The van der Waals surface area contributed by atoms with Crippen molar-refractivity contribution in [3.63, 3.8) is 0 Å². The second-order valence-corrected chi connectivity index (χ2v) is 7.81. The van der Waals surface area contributed by atoms with E-state index in [-0.39, 0.29) is 18.2 Å². The van der Waals surface area contributed by atoms with Crippen LogP contribution in [0.15, 0.2) is 41.3 Å². The van der Waals surface area contributed by atoms with Gasteiger partial charge in [0.2, 0.25) is 12.7 Å². The Hall–Kier alpha value is -2.97. The van der Waals surface area contributed by atoms with E-state index in [1.54, 1.807) is 24.3 Å². The fraction of sp³-hybridized carbons (Fsp3) is 0.150. The topological polar surface area (TPSA) is 84.9 Å². The summed E-state index contributed by atoms with van der Waals surface area (Å²) in [5.74, 6) is 0.0247. The van der Waals surface area contributed by atoms with Crippen LogP contribution < -0.4 is 14.8 Å². The third-order valence-electron chi connectivity index (χ3n) is 4.29. The molecule has 0 aromatic heterocycles. The summed E-state index contributed by atoms with van der Waals surface area (Å²) in [7, 11) is 0. The highest BCUT2D eigenvalue weighted by molar-refractivity contribution is 8.18. The first-order valence-electron chi connectivity index (χ1n) is 8.62. The molecule has 4 rings (SSSR count). The van der Waals surface area contributed by atoms with Gasteiger partial charge in [-0.3, -0.25) is 19.3 Å². The summed E-state index contributed by atoms with van der Waals surface area (Å²) in [5, 5.41) is 2.52. The number of thioether (sulfide) groups is 1. The Labute approximate surface area is 175 Å². The predicted molar refractivity (Wildman–Crippen MR) is 110 cm³/mol. The molecule has 0 spiro atoms. The summed E-state index contributed by atoms with van der Waals surface area (Å²) < 4.78 is 10.6. The van der Waals surface area contributed by atoms with E-state index < -0.39 is 17.1 Å². The van der Waals surface area contributed by atoms with Crippen LogP contribution >= 0.6 is 23.4 Å². The summed E-state index contributed by atoms with van der Waals surface area (Å²) in [5.41, 5.74) is 2.17. The minimum atomic E-state index is -0.548.